The van der Waals surface area contributed by atoms with Gasteiger partial charge in [-0.25, -0.2) is 9.15 Å². The first-order valence-corrected chi connectivity index (χ1v) is 4.43. The average Bonchev–Trinajstić information content (AvgIpc) is 1.84. The maximum Gasteiger partial charge on any atom is 0.184 e. The highest BCUT2D eigenvalue weighted by Crippen LogP contribution is 1.95. The van der Waals surface area contributed by atoms with Gasteiger partial charge in [0.25, 0.3) is 0 Å². The molecule has 0 atom stereocenters. The molecule has 0 N–H and O–H groups in total. The van der Waals surface area contributed by atoms with Crippen molar-refractivity contribution in [2.75, 3.05) is 21.1 Å². The van der Waals surface area contributed by atoms with Gasteiger partial charge in [0.15, 0.2) is 23.5 Å². The summed E-state index contributed by atoms with van der Waals surface area (Å²) in [5.74, 6) is 0. The van der Waals surface area contributed by atoms with Crippen LogP contribution in [0.4, 0.5) is 0 Å². The van der Waals surface area contributed by atoms with Crippen LogP contribution in [0.5, 0.6) is 0 Å². The Bertz CT molecular complexity index is 213. The highest BCUT2D eigenvalue weighted by Gasteiger charge is 1.97. The first-order valence-electron chi connectivity index (χ1n) is 3.55. The Morgan fingerprint density at radius 2 is 1.75 bits per heavy atom. The van der Waals surface area contributed by atoms with Gasteiger partial charge >= 0.3 is 0 Å². The van der Waals surface area contributed by atoms with E-state index < -0.39 is 4.84 Å². The molecule has 0 aliphatic carbocycles. The van der Waals surface area contributed by atoms with E-state index in [0.29, 0.717) is 0 Å². The molecule has 0 unspecified atom stereocenters. The smallest absolute Gasteiger partial charge is 0.184 e. The molecule has 0 fully saturated rings. The third-order valence-electron chi connectivity index (χ3n) is 1.05. The summed E-state index contributed by atoms with van der Waals surface area (Å²) in [6.07, 6.45) is 7.41. The Hall–Kier alpha value is -0.340. The van der Waals surface area contributed by atoms with Crippen molar-refractivity contribution in [3.63, 3.8) is 0 Å². The van der Waals surface area contributed by atoms with Crippen molar-refractivity contribution < 1.29 is 9.15 Å². The number of halogens is 2. The van der Waals surface area contributed by atoms with Crippen molar-refractivity contribution in [1.82, 2.24) is 0 Å². The molecule has 2 nitrogen and oxygen atoms in total. The summed E-state index contributed by atoms with van der Waals surface area (Å²) >= 11 is 11.1. The van der Waals surface area contributed by atoms with Gasteiger partial charge in [0, 0.05) is 0 Å². The minimum atomic E-state index is -0.459. The van der Waals surface area contributed by atoms with E-state index in [2.05, 4.69) is 0 Å². The van der Waals surface area contributed by atoms with Crippen molar-refractivity contribution in [3.05, 3.63) is 12.3 Å². The van der Waals surface area contributed by atoms with Crippen LogP contribution in [0.15, 0.2) is 12.3 Å². The van der Waals surface area contributed by atoms with Crippen LogP contribution in [0.25, 0.3) is 0 Å². The molecule has 68 valence electrons. The van der Waals surface area contributed by atoms with Gasteiger partial charge in [0.1, 0.15) is 21.1 Å². The van der Waals surface area contributed by atoms with E-state index in [1.807, 2.05) is 48.8 Å². The van der Waals surface area contributed by atoms with E-state index in [-0.39, 0.29) is 0 Å². The van der Waals surface area contributed by atoms with Crippen LogP contribution < -0.4 is 0 Å². The summed E-state index contributed by atoms with van der Waals surface area (Å²) in [5, 5.41) is 0. The van der Waals surface area contributed by atoms with Gasteiger partial charge in [-0.1, -0.05) is 23.2 Å². The monoisotopic (exact) mass is 208 g/mol. The van der Waals surface area contributed by atoms with Gasteiger partial charge in [-0.15, -0.1) is 0 Å². The molecule has 0 rings (SSSR count). The standard InChI is InChI=1S/C8H14Cl2N2/c1-11(2)5-4-6-12(3)7-8(9)10/h4-8H,1-3H3/q+2. The van der Waals surface area contributed by atoms with Crippen LogP contribution in [0.1, 0.15) is 0 Å². The minimum absolute atomic E-state index is 0.459. The summed E-state index contributed by atoms with van der Waals surface area (Å²) in [6.45, 7) is 0. The van der Waals surface area contributed by atoms with Crippen LogP contribution in [0.2, 0.25) is 0 Å². The van der Waals surface area contributed by atoms with Crippen molar-refractivity contribution in [3.8, 4) is 0 Å². The summed E-state index contributed by atoms with van der Waals surface area (Å²) < 4.78 is 3.76. The molecule has 0 spiro atoms. The SMILES string of the molecule is C[N+](C)=CC=C[N+](C)=CC(Cl)Cl. The van der Waals surface area contributed by atoms with Gasteiger partial charge in [-0.2, -0.15) is 0 Å². The Labute approximate surface area is 83.4 Å². The number of rotatable bonds is 3. The second-order valence-electron chi connectivity index (χ2n) is 2.60. The molecular weight excluding hydrogens is 195 g/mol. The van der Waals surface area contributed by atoms with Crippen LogP contribution in [-0.4, -0.2) is 47.6 Å². The molecule has 0 amide bonds. The molecule has 12 heavy (non-hydrogen) atoms. The molecule has 0 aliphatic rings. The number of allylic oxidation sites excluding steroid dienone is 1. The number of hydrogen-bond acceptors (Lipinski definition) is 0. The number of nitrogens with zero attached hydrogens (tertiary/aromatic N) is 2. The van der Waals surface area contributed by atoms with E-state index in [1.54, 1.807) is 6.21 Å². The Morgan fingerprint density at radius 3 is 2.17 bits per heavy atom. The highest BCUT2D eigenvalue weighted by molar-refractivity contribution is 6.51. The van der Waals surface area contributed by atoms with Crippen LogP contribution in [0, 0.1) is 0 Å². The molecule has 0 heterocycles. The largest absolute Gasteiger partial charge is 0.241 e. The average molecular weight is 209 g/mol. The van der Waals surface area contributed by atoms with Gasteiger partial charge in [0.05, 0.1) is 6.08 Å². The summed E-state index contributed by atoms with van der Waals surface area (Å²) in [7, 11) is 5.79. The topological polar surface area (TPSA) is 6.02 Å². The Balaban J connectivity index is 4.08. The van der Waals surface area contributed by atoms with Crippen molar-refractivity contribution >= 4 is 35.6 Å². The summed E-state index contributed by atoms with van der Waals surface area (Å²) in [4.78, 5) is -0.459. The molecule has 0 saturated carbocycles. The molecule has 0 radical (unpaired) electrons. The summed E-state index contributed by atoms with van der Waals surface area (Å²) in [5.41, 5.74) is 0. The lowest BCUT2D eigenvalue weighted by molar-refractivity contribution is -0.459. The Kier molecular flexibility index (Phi) is 6.03. The molecule has 4 heteroatoms. The van der Waals surface area contributed by atoms with E-state index in [9.17, 15) is 0 Å². The third kappa shape index (κ3) is 7.76. The first kappa shape index (κ1) is 11.7. The molecule has 0 aromatic heterocycles. The fraction of sp³-hybridized carbons (Fsp3) is 0.500. The fourth-order valence-electron chi connectivity index (χ4n) is 0.574. The predicted molar refractivity (Wildman–Crippen MR) is 55.1 cm³/mol. The predicted octanol–water partition coefficient (Wildman–Crippen LogP) is 1.36. The normalized spacial score (nSPS) is 12.7. The molecule has 0 aromatic rings. The van der Waals surface area contributed by atoms with E-state index in [1.165, 1.54) is 0 Å². The zero-order valence-corrected chi connectivity index (χ0v) is 9.05. The lowest BCUT2D eigenvalue weighted by atomic mass is 10.6. The molecule has 0 bridgehead atoms. The fourth-order valence-corrected chi connectivity index (χ4v) is 0.929. The van der Waals surface area contributed by atoms with Gasteiger partial charge < -0.3 is 0 Å². The molecule has 0 aromatic carbocycles. The van der Waals surface area contributed by atoms with Crippen molar-refractivity contribution in [2.45, 2.75) is 4.84 Å². The Morgan fingerprint density at radius 1 is 1.17 bits per heavy atom. The number of alkyl halides is 2. The lowest BCUT2D eigenvalue weighted by Crippen LogP contribution is -2.04. The zero-order valence-electron chi connectivity index (χ0n) is 7.54. The second-order valence-corrected chi connectivity index (χ2v) is 3.77. The minimum Gasteiger partial charge on any atom is -0.241 e. The van der Waals surface area contributed by atoms with E-state index in [0.717, 1.165) is 0 Å². The van der Waals surface area contributed by atoms with Gasteiger partial charge in [0.2, 0.25) is 0 Å². The van der Waals surface area contributed by atoms with Crippen LogP contribution in [-0.2, 0) is 0 Å². The third-order valence-corrected chi connectivity index (χ3v) is 1.28. The maximum atomic E-state index is 5.53. The highest BCUT2D eigenvalue weighted by atomic mass is 35.5. The lowest BCUT2D eigenvalue weighted by Gasteiger charge is -1.86. The van der Waals surface area contributed by atoms with Gasteiger partial charge in [-0.05, 0) is 0 Å². The molecule has 0 saturated heterocycles. The number of hydrogen-bond donors (Lipinski definition) is 0. The van der Waals surface area contributed by atoms with Gasteiger partial charge in [-0.3, -0.25) is 0 Å². The molecular formula is C8H14Cl2N2+2. The van der Waals surface area contributed by atoms with E-state index in [4.69, 9.17) is 23.2 Å². The summed E-state index contributed by atoms with van der Waals surface area (Å²) in [6, 6.07) is 0. The maximum absolute atomic E-state index is 5.53. The van der Waals surface area contributed by atoms with Crippen LogP contribution in [0.3, 0.4) is 0 Å². The molecule has 0 aliphatic heterocycles. The first-order chi connectivity index (χ1) is 5.52. The quantitative estimate of drug-likeness (QED) is 0.376. The van der Waals surface area contributed by atoms with Crippen molar-refractivity contribution in [1.29, 1.82) is 0 Å². The van der Waals surface area contributed by atoms with Crippen molar-refractivity contribution in [2.24, 2.45) is 0 Å². The van der Waals surface area contributed by atoms with Crippen LogP contribution >= 0.6 is 23.2 Å². The van der Waals surface area contributed by atoms with E-state index >= 15 is 0 Å². The second kappa shape index (κ2) is 6.21. The zero-order chi connectivity index (χ0) is 9.56.